The van der Waals surface area contributed by atoms with E-state index >= 15 is 0 Å². The van der Waals surface area contributed by atoms with Gasteiger partial charge in [0.05, 0.1) is 54.3 Å². The molecule has 54 heavy (non-hydrogen) atoms. The van der Waals surface area contributed by atoms with Gasteiger partial charge in [0.1, 0.15) is 30.2 Å². The number of anilines is 2. The lowest BCUT2D eigenvalue weighted by atomic mass is 10.1. The fourth-order valence-electron chi connectivity index (χ4n) is 6.83. The van der Waals surface area contributed by atoms with Gasteiger partial charge in [-0.3, -0.25) is 9.69 Å². The summed E-state index contributed by atoms with van der Waals surface area (Å²) in [5, 5.41) is 24.3. The summed E-state index contributed by atoms with van der Waals surface area (Å²) in [5.41, 5.74) is 8.40. The van der Waals surface area contributed by atoms with Crippen LogP contribution in [0.1, 0.15) is 38.8 Å². The standard InChI is InChI=1S/C22H23N3O2.C21H19N3O3/c1-5-25-20-11-10-17(27-4)12-18(20)19(13-23)21(25)15-6-8-16(9-7-15)24-22(26)14(2)3;1-3-23-19-12-16(26-2)8-9-17(19)18(13-22)20(23)14-4-6-15(7-5-14)24-10-11-27-21(24)25/h6-12,14H,5H2,1-4H3,(H,24,26);4-9,12H,3,10-11H2,1-2H3. The number of methoxy groups -OCH3 is 2. The number of carbonyl (C=O) groups is 2. The van der Waals surface area contributed by atoms with Crippen LogP contribution in [-0.2, 0) is 22.6 Å². The maximum atomic E-state index is 11.9. The molecule has 11 heteroatoms. The Kier molecular flexibility index (Phi) is 10.9. The second-order valence-corrected chi connectivity index (χ2v) is 13.0. The van der Waals surface area contributed by atoms with Crippen molar-refractivity contribution in [2.24, 2.45) is 5.92 Å². The fourth-order valence-corrected chi connectivity index (χ4v) is 6.83. The van der Waals surface area contributed by atoms with E-state index in [9.17, 15) is 20.1 Å². The first kappa shape index (κ1) is 37.1. The van der Waals surface area contributed by atoms with Crippen molar-refractivity contribution in [2.45, 2.75) is 40.8 Å². The van der Waals surface area contributed by atoms with Crippen molar-refractivity contribution >= 4 is 45.2 Å². The molecule has 0 spiro atoms. The van der Waals surface area contributed by atoms with Crippen LogP contribution >= 0.6 is 0 Å². The van der Waals surface area contributed by atoms with E-state index < -0.39 is 0 Å². The van der Waals surface area contributed by atoms with Gasteiger partial charge in [-0.2, -0.15) is 10.5 Å². The van der Waals surface area contributed by atoms with Crippen molar-refractivity contribution in [3.8, 4) is 46.2 Å². The molecule has 0 bridgehead atoms. The minimum absolute atomic E-state index is 0.0183. The zero-order valence-electron chi connectivity index (χ0n) is 31.3. The minimum atomic E-state index is -0.324. The lowest BCUT2D eigenvalue weighted by Crippen LogP contribution is -2.23. The molecule has 0 unspecified atom stereocenters. The number of amides is 2. The monoisotopic (exact) mass is 722 g/mol. The maximum absolute atomic E-state index is 11.9. The van der Waals surface area contributed by atoms with Crippen molar-refractivity contribution in [1.29, 1.82) is 10.5 Å². The maximum Gasteiger partial charge on any atom is 0.414 e. The van der Waals surface area contributed by atoms with Crippen LogP contribution in [0.4, 0.5) is 16.2 Å². The molecule has 0 saturated carbocycles. The van der Waals surface area contributed by atoms with E-state index in [0.717, 1.165) is 80.3 Å². The van der Waals surface area contributed by atoms with Gasteiger partial charge in [0.15, 0.2) is 0 Å². The highest BCUT2D eigenvalue weighted by Crippen LogP contribution is 2.37. The molecule has 0 radical (unpaired) electrons. The average molecular weight is 723 g/mol. The molecular formula is C43H42N6O5. The first-order valence-corrected chi connectivity index (χ1v) is 17.8. The van der Waals surface area contributed by atoms with Gasteiger partial charge in [-0.25, -0.2) is 4.79 Å². The van der Waals surface area contributed by atoms with E-state index in [2.05, 4.69) is 40.4 Å². The fraction of sp³-hybridized carbons (Fsp3) is 0.256. The molecule has 0 atom stereocenters. The van der Waals surface area contributed by atoms with Crippen molar-refractivity contribution < 1.29 is 23.8 Å². The summed E-state index contributed by atoms with van der Waals surface area (Å²) < 4.78 is 19.9. The summed E-state index contributed by atoms with van der Waals surface area (Å²) in [4.78, 5) is 25.2. The number of cyclic esters (lactones) is 1. The summed E-state index contributed by atoms with van der Waals surface area (Å²) in [5.74, 6) is 1.39. The highest BCUT2D eigenvalue weighted by atomic mass is 16.6. The van der Waals surface area contributed by atoms with Crippen LogP contribution in [0.2, 0.25) is 0 Å². The summed E-state index contributed by atoms with van der Waals surface area (Å²) >= 11 is 0. The number of benzene rings is 4. The van der Waals surface area contributed by atoms with Gasteiger partial charge in [-0.1, -0.05) is 38.1 Å². The van der Waals surface area contributed by atoms with Crippen LogP contribution in [-0.4, -0.2) is 48.5 Å². The van der Waals surface area contributed by atoms with Crippen LogP contribution < -0.4 is 19.7 Å². The van der Waals surface area contributed by atoms with Crippen LogP contribution in [0.5, 0.6) is 11.5 Å². The van der Waals surface area contributed by atoms with Gasteiger partial charge in [0, 0.05) is 47.2 Å². The molecule has 1 fully saturated rings. The Morgan fingerprint density at radius 1 is 0.778 bits per heavy atom. The summed E-state index contributed by atoms with van der Waals surface area (Å²) in [6.45, 7) is 10.3. The van der Waals surface area contributed by atoms with E-state index in [4.69, 9.17) is 14.2 Å². The van der Waals surface area contributed by atoms with Crippen molar-refractivity contribution in [3.63, 3.8) is 0 Å². The number of ether oxygens (including phenoxy) is 3. The number of aryl methyl sites for hydroxylation is 2. The second kappa shape index (κ2) is 15.9. The van der Waals surface area contributed by atoms with Crippen molar-refractivity contribution in [3.05, 3.63) is 96.1 Å². The third-order valence-corrected chi connectivity index (χ3v) is 9.56. The van der Waals surface area contributed by atoms with Gasteiger partial charge < -0.3 is 28.7 Å². The Balaban J connectivity index is 0.000000184. The molecule has 7 rings (SSSR count). The highest BCUT2D eigenvalue weighted by Gasteiger charge is 2.24. The Labute approximate surface area is 314 Å². The van der Waals surface area contributed by atoms with Gasteiger partial charge in [0.25, 0.3) is 0 Å². The molecule has 3 heterocycles. The van der Waals surface area contributed by atoms with Crippen LogP contribution in [0.3, 0.4) is 0 Å². The molecule has 274 valence electrons. The second-order valence-electron chi connectivity index (χ2n) is 13.0. The van der Waals surface area contributed by atoms with Crippen molar-refractivity contribution in [1.82, 2.24) is 9.13 Å². The Hall–Kier alpha value is -6.72. The average Bonchev–Trinajstić information content (AvgIpc) is 3.88. The number of aromatic nitrogens is 2. The first-order valence-electron chi connectivity index (χ1n) is 17.8. The zero-order valence-corrected chi connectivity index (χ0v) is 31.3. The number of hydrogen-bond donors (Lipinski definition) is 1. The van der Waals surface area contributed by atoms with Gasteiger partial charge >= 0.3 is 6.09 Å². The molecule has 1 aliphatic heterocycles. The van der Waals surface area contributed by atoms with Gasteiger partial charge in [-0.15, -0.1) is 0 Å². The van der Waals surface area contributed by atoms with Gasteiger partial charge in [-0.05, 0) is 79.6 Å². The summed E-state index contributed by atoms with van der Waals surface area (Å²) in [6.07, 6.45) is -0.324. The molecular weight excluding hydrogens is 681 g/mol. The molecule has 0 aliphatic carbocycles. The van der Waals surface area contributed by atoms with E-state index in [0.29, 0.717) is 24.3 Å². The Bertz CT molecular complexity index is 2430. The molecule has 6 aromatic rings. The zero-order chi connectivity index (χ0) is 38.5. The molecule has 1 N–H and O–H groups in total. The molecule has 2 aromatic heterocycles. The number of nitrogens with one attached hydrogen (secondary N) is 1. The first-order chi connectivity index (χ1) is 26.2. The van der Waals surface area contributed by atoms with Crippen molar-refractivity contribution in [2.75, 3.05) is 37.6 Å². The number of nitrogens with zero attached hydrogens (tertiary/aromatic N) is 5. The highest BCUT2D eigenvalue weighted by molar-refractivity contribution is 5.97. The quantitative estimate of drug-likeness (QED) is 0.157. The number of hydrogen-bond acceptors (Lipinski definition) is 7. The largest absolute Gasteiger partial charge is 0.497 e. The van der Waals surface area contributed by atoms with E-state index in [1.165, 1.54) is 0 Å². The van der Waals surface area contributed by atoms with Gasteiger partial charge in [0.2, 0.25) is 5.91 Å². The molecule has 1 saturated heterocycles. The van der Waals surface area contributed by atoms with E-state index in [1.807, 2.05) is 98.8 Å². The summed E-state index contributed by atoms with van der Waals surface area (Å²) in [6, 6.07) is 31.6. The normalized spacial score (nSPS) is 12.2. The Morgan fingerprint density at radius 3 is 1.87 bits per heavy atom. The number of rotatable bonds is 9. The van der Waals surface area contributed by atoms with Crippen LogP contribution in [0.25, 0.3) is 44.3 Å². The number of fused-ring (bicyclic) bond motifs is 2. The van der Waals surface area contributed by atoms with Crippen LogP contribution in [0, 0.1) is 28.6 Å². The van der Waals surface area contributed by atoms with E-state index in [1.54, 1.807) is 19.1 Å². The van der Waals surface area contributed by atoms with E-state index in [-0.39, 0.29) is 17.9 Å². The predicted molar refractivity (Wildman–Crippen MR) is 211 cm³/mol. The minimum Gasteiger partial charge on any atom is -0.497 e. The predicted octanol–water partition coefficient (Wildman–Crippen LogP) is 8.97. The third-order valence-electron chi connectivity index (χ3n) is 9.56. The Morgan fingerprint density at radius 2 is 1.33 bits per heavy atom. The lowest BCUT2D eigenvalue weighted by Gasteiger charge is -2.14. The lowest BCUT2D eigenvalue weighted by molar-refractivity contribution is -0.118. The van der Waals surface area contributed by atoms with Crippen LogP contribution in [0.15, 0.2) is 84.9 Å². The SMILES string of the molecule is CCn1c(-c2ccc(N3CCOC3=O)cc2)c(C#N)c2ccc(OC)cc21.CCn1c(-c2ccc(NC(=O)C(C)C)cc2)c(C#N)c2cc(OC)ccc21. The number of nitriles is 2. The molecule has 11 nitrogen and oxygen atoms in total. The molecule has 4 aromatic carbocycles. The summed E-state index contributed by atoms with van der Waals surface area (Å²) in [7, 11) is 3.25. The molecule has 1 aliphatic rings. The number of carbonyl (C=O) groups excluding carboxylic acids is 2. The topological polar surface area (TPSA) is 135 Å². The third kappa shape index (κ3) is 6.92. The smallest absolute Gasteiger partial charge is 0.414 e. The molecule has 2 amide bonds.